The van der Waals surface area contributed by atoms with Crippen LogP contribution in [0.4, 0.5) is 17.5 Å². The third-order valence-electron chi connectivity index (χ3n) is 4.14. The maximum atomic E-state index is 5.41. The Morgan fingerprint density at radius 2 is 2.07 bits per heavy atom. The zero-order chi connectivity index (χ0) is 19.3. The van der Waals surface area contributed by atoms with Gasteiger partial charge in [-0.2, -0.15) is 4.98 Å². The van der Waals surface area contributed by atoms with E-state index < -0.39 is 0 Å². The lowest BCUT2D eigenvalue weighted by atomic mass is 10.1. The summed E-state index contributed by atoms with van der Waals surface area (Å²) in [5.74, 6) is 3.34. The van der Waals surface area contributed by atoms with Gasteiger partial charge in [0.25, 0.3) is 0 Å². The minimum absolute atomic E-state index is 0.473. The number of aromatic nitrogens is 3. The molecule has 4 aromatic rings. The van der Waals surface area contributed by atoms with Crippen LogP contribution in [-0.2, 0) is 6.54 Å². The van der Waals surface area contributed by atoms with Gasteiger partial charge in [-0.15, -0.1) is 0 Å². The molecule has 2 N–H and O–H groups in total. The van der Waals surface area contributed by atoms with E-state index in [1.54, 1.807) is 25.8 Å². The van der Waals surface area contributed by atoms with E-state index in [2.05, 4.69) is 25.6 Å². The van der Waals surface area contributed by atoms with E-state index in [0.29, 0.717) is 24.0 Å². The fraction of sp³-hybridized carbons (Fsp3) is 0.150. The predicted octanol–water partition coefficient (Wildman–Crippen LogP) is 4.40. The van der Waals surface area contributed by atoms with Gasteiger partial charge in [-0.25, -0.2) is 9.97 Å². The van der Waals surface area contributed by atoms with E-state index in [1.807, 2.05) is 37.3 Å². The molecule has 0 unspecified atom stereocenters. The molecule has 8 heteroatoms. The minimum atomic E-state index is 0.473. The van der Waals surface area contributed by atoms with Crippen molar-refractivity contribution in [3.8, 4) is 17.1 Å². The number of rotatable bonds is 7. The summed E-state index contributed by atoms with van der Waals surface area (Å²) in [6, 6.07) is 9.40. The van der Waals surface area contributed by atoms with Crippen molar-refractivity contribution in [2.45, 2.75) is 13.5 Å². The minimum Gasteiger partial charge on any atom is -0.496 e. The Morgan fingerprint density at radius 3 is 2.82 bits per heavy atom. The number of ether oxygens (including phenoxy) is 1. The maximum Gasteiger partial charge on any atom is 0.229 e. The van der Waals surface area contributed by atoms with E-state index in [0.717, 1.165) is 28.4 Å². The normalized spacial score (nSPS) is 10.6. The number of hydrogen-bond acceptors (Lipinski definition) is 8. The van der Waals surface area contributed by atoms with Crippen LogP contribution in [0.5, 0.6) is 5.75 Å². The van der Waals surface area contributed by atoms with Crippen LogP contribution in [0.2, 0.25) is 0 Å². The van der Waals surface area contributed by atoms with Crippen molar-refractivity contribution in [2.75, 3.05) is 17.7 Å². The van der Waals surface area contributed by atoms with E-state index in [9.17, 15) is 0 Å². The summed E-state index contributed by atoms with van der Waals surface area (Å²) >= 11 is 0. The lowest BCUT2D eigenvalue weighted by Crippen LogP contribution is -2.06. The number of anilines is 3. The second kappa shape index (κ2) is 7.83. The van der Waals surface area contributed by atoms with Crippen molar-refractivity contribution < 1.29 is 13.6 Å². The molecule has 0 saturated carbocycles. The lowest BCUT2D eigenvalue weighted by Gasteiger charge is -2.12. The van der Waals surface area contributed by atoms with Crippen molar-refractivity contribution in [3.05, 3.63) is 66.7 Å². The van der Waals surface area contributed by atoms with Crippen LogP contribution in [0.25, 0.3) is 11.3 Å². The molecule has 142 valence electrons. The first kappa shape index (κ1) is 17.6. The zero-order valence-electron chi connectivity index (χ0n) is 15.5. The molecule has 0 amide bonds. The molecule has 0 bridgehead atoms. The van der Waals surface area contributed by atoms with E-state index in [-0.39, 0.29) is 0 Å². The van der Waals surface area contributed by atoms with Crippen molar-refractivity contribution in [1.82, 2.24) is 15.0 Å². The van der Waals surface area contributed by atoms with Crippen molar-refractivity contribution in [3.63, 3.8) is 0 Å². The highest BCUT2D eigenvalue weighted by Crippen LogP contribution is 2.33. The summed E-state index contributed by atoms with van der Waals surface area (Å²) in [7, 11) is 1.61. The lowest BCUT2D eigenvalue weighted by molar-refractivity contribution is 0.414. The Labute approximate surface area is 161 Å². The predicted molar refractivity (Wildman–Crippen MR) is 105 cm³/mol. The van der Waals surface area contributed by atoms with Crippen LogP contribution in [0, 0.1) is 6.92 Å². The summed E-state index contributed by atoms with van der Waals surface area (Å²) in [6.45, 7) is 2.49. The molecular formula is C20H19N5O3. The summed E-state index contributed by atoms with van der Waals surface area (Å²) < 4.78 is 16.2. The van der Waals surface area contributed by atoms with Gasteiger partial charge >= 0.3 is 0 Å². The van der Waals surface area contributed by atoms with Crippen LogP contribution in [0.1, 0.15) is 11.3 Å². The summed E-state index contributed by atoms with van der Waals surface area (Å²) in [4.78, 5) is 12.9. The molecule has 0 spiro atoms. The van der Waals surface area contributed by atoms with Gasteiger partial charge in [0.2, 0.25) is 5.95 Å². The van der Waals surface area contributed by atoms with Gasteiger partial charge < -0.3 is 24.2 Å². The number of furan rings is 1. The Morgan fingerprint density at radius 1 is 1.14 bits per heavy atom. The van der Waals surface area contributed by atoms with Crippen LogP contribution < -0.4 is 15.4 Å². The number of nitrogens with zero attached hydrogens (tertiary/aromatic N) is 3. The Kier molecular flexibility index (Phi) is 4.92. The summed E-state index contributed by atoms with van der Waals surface area (Å²) in [5.41, 5.74) is 2.52. The zero-order valence-corrected chi connectivity index (χ0v) is 15.5. The molecule has 3 aromatic heterocycles. The molecule has 0 saturated heterocycles. The van der Waals surface area contributed by atoms with Crippen molar-refractivity contribution in [2.24, 2.45) is 0 Å². The number of methoxy groups -OCH3 is 1. The fourth-order valence-electron chi connectivity index (χ4n) is 2.72. The van der Waals surface area contributed by atoms with E-state index in [1.165, 1.54) is 6.39 Å². The topological polar surface area (TPSA) is 98.2 Å². The molecule has 1 aromatic carbocycles. The SMILES string of the molecule is COc1ccc(Nc2ncc(C)c(NCc3ccco3)n2)cc1-c1cnco1. The average Bonchev–Trinajstić information content (AvgIpc) is 3.42. The van der Waals surface area contributed by atoms with Crippen LogP contribution in [-0.4, -0.2) is 22.1 Å². The van der Waals surface area contributed by atoms with Crippen molar-refractivity contribution in [1.29, 1.82) is 0 Å². The van der Waals surface area contributed by atoms with Gasteiger partial charge in [-0.1, -0.05) is 0 Å². The smallest absolute Gasteiger partial charge is 0.229 e. The Balaban J connectivity index is 1.55. The van der Waals surface area contributed by atoms with Gasteiger partial charge in [0.05, 0.1) is 31.7 Å². The molecule has 3 heterocycles. The highest BCUT2D eigenvalue weighted by Gasteiger charge is 2.11. The first-order valence-corrected chi connectivity index (χ1v) is 8.67. The van der Waals surface area contributed by atoms with Gasteiger partial charge in [0.15, 0.2) is 12.2 Å². The van der Waals surface area contributed by atoms with Gasteiger partial charge in [0.1, 0.15) is 17.3 Å². The monoisotopic (exact) mass is 377 g/mol. The first-order chi connectivity index (χ1) is 13.7. The van der Waals surface area contributed by atoms with Crippen molar-refractivity contribution >= 4 is 17.5 Å². The third kappa shape index (κ3) is 3.80. The molecule has 0 fully saturated rings. The Hall–Kier alpha value is -3.81. The van der Waals surface area contributed by atoms with E-state index in [4.69, 9.17) is 13.6 Å². The summed E-state index contributed by atoms with van der Waals surface area (Å²) in [6.07, 6.45) is 6.43. The molecule has 0 atom stereocenters. The van der Waals surface area contributed by atoms with Gasteiger partial charge in [-0.05, 0) is 37.3 Å². The fourth-order valence-corrected chi connectivity index (χ4v) is 2.72. The number of oxazole rings is 1. The highest BCUT2D eigenvalue weighted by molar-refractivity contribution is 5.72. The van der Waals surface area contributed by atoms with Gasteiger partial charge in [0, 0.05) is 17.4 Å². The first-order valence-electron chi connectivity index (χ1n) is 8.67. The molecule has 0 aliphatic heterocycles. The second-order valence-corrected chi connectivity index (χ2v) is 6.06. The molecule has 8 nitrogen and oxygen atoms in total. The summed E-state index contributed by atoms with van der Waals surface area (Å²) in [5, 5.41) is 6.48. The Bertz CT molecular complexity index is 1050. The highest BCUT2D eigenvalue weighted by atomic mass is 16.5. The molecule has 0 aliphatic carbocycles. The molecule has 4 rings (SSSR count). The largest absolute Gasteiger partial charge is 0.496 e. The standard InChI is InChI=1S/C20H19N5O3/c1-13-9-23-20(25-19(13)22-10-15-4-3-7-27-15)24-14-5-6-17(26-2)16(8-14)18-11-21-12-28-18/h3-9,11-12H,10H2,1-2H3,(H2,22,23,24,25). The maximum absolute atomic E-state index is 5.41. The van der Waals surface area contributed by atoms with Crippen LogP contribution in [0.15, 0.2) is 64.2 Å². The second-order valence-electron chi connectivity index (χ2n) is 6.06. The number of hydrogen-bond donors (Lipinski definition) is 2. The number of aryl methyl sites for hydroxylation is 1. The average molecular weight is 377 g/mol. The third-order valence-corrected chi connectivity index (χ3v) is 4.14. The molecule has 0 aliphatic rings. The number of nitrogens with one attached hydrogen (secondary N) is 2. The van der Waals surface area contributed by atoms with E-state index >= 15 is 0 Å². The van der Waals surface area contributed by atoms with Gasteiger partial charge in [-0.3, -0.25) is 0 Å². The van der Waals surface area contributed by atoms with Crippen LogP contribution >= 0.6 is 0 Å². The molecule has 28 heavy (non-hydrogen) atoms. The molecule has 0 radical (unpaired) electrons. The number of benzene rings is 1. The molecular weight excluding hydrogens is 358 g/mol. The van der Waals surface area contributed by atoms with Crippen LogP contribution in [0.3, 0.4) is 0 Å². The quantitative estimate of drug-likeness (QED) is 0.489.